The summed E-state index contributed by atoms with van der Waals surface area (Å²) < 4.78 is 14.4. The molecule has 0 aliphatic carbocycles. The van der Waals surface area contributed by atoms with Gasteiger partial charge < -0.3 is 5.73 Å². The van der Waals surface area contributed by atoms with E-state index in [9.17, 15) is 4.39 Å². The maximum atomic E-state index is 14.4. The molecule has 0 bridgehead atoms. The lowest BCUT2D eigenvalue weighted by molar-refractivity contribution is 0.110. The normalized spacial score (nSPS) is 15.2. The molecule has 0 saturated carbocycles. The van der Waals surface area contributed by atoms with Gasteiger partial charge in [-0.3, -0.25) is 0 Å². The van der Waals surface area contributed by atoms with E-state index in [4.69, 9.17) is 28.9 Å². The van der Waals surface area contributed by atoms with E-state index in [2.05, 4.69) is 0 Å². The number of hydrogen-bond donors (Lipinski definition) is 1. The van der Waals surface area contributed by atoms with Crippen LogP contribution in [0.3, 0.4) is 0 Å². The molecule has 0 saturated heterocycles. The minimum Gasteiger partial charge on any atom is -0.328 e. The van der Waals surface area contributed by atoms with Gasteiger partial charge in [-0.05, 0) is 29.7 Å². The highest BCUT2D eigenvalue weighted by Crippen LogP contribution is 2.30. The third-order valence-corrected chi connectivity index (χ3v) is 3.47. The van der Waals surface area contributed by atoms with E-state index in [1.807, 2.05) is 13.8 Å². The zero-order valence-corrected chi connectivity index (χ0v) is 10.9. The third kappa shape index (κ3) is 3.09. The van der Waals surface area contributed by atoms with E-state index in [-0.39, 0.29) is 18.9 Å². The molecule has 0 spiro atoms. The van der Waals surface area contributed by atoms with E-state index in [1.165, 1.54) is 0 Å². The van der Waals surface area contributed by atoms with E-state index in [1.54, 1.807) is 18.2 Å². The Hall–Kier alpha value is -0.310. The van der Waals surface area contributed by atoms with Crippen molar-refractivity contribution in [2.24, 2.45) is 11.7 Å². The monoisotopic (exact) mass is 263 g/mol. The van der Waals surface area contributed by atoms with Gasteiger partial charge in [-0.25, -0.2) is 4.39 Å². The molecule has 0 aromatic heterocycles. The molecule has 2 N–H and O–H groups in total. The van der Waals surface area contributed by atoms with Gasteiger partial charge in [0.05, 0.1) is 0 Å². The summed E-state index contributed by atoms with van der Waals surface area (Å²) in [6, 6.07) is 5.05. The average molecular weight is 264 g/mol. The molecule has 0 fully saturated rings. The Kier molecular flexibility index (Phi) is 4.60. The molecule has 0 aliphatic rings. The maximum absolute atomic E-state index is 14.4. The predicted octanol–water partition coefficient (Wildman–Crippen LogP) is 3.86. The summed E-state index contributed by atoms with van der Waals surface area (Å²) >= 11 is 11.9. The SMILES string of the molecule is CC(C)C(F)(CN)Cc1cc(Cl)ccc1Cl. The van der Waals surface area contributed by atoms with Crippen molar-refractivity contribution in [3.63, 3.8) is 0 Å². The first-order chi connectivity index (χ1) is 7.39. The molecule has 1 atom stereocenters. The zero-order valence-electron chi connectivity index (χ0n) is 9.43. The van der Waals surface area contributed by atoms with Crippen LogP contribution in [0.4, 0.5) is 4.39 Å². The summed E-state index contributed by atoms with van der Waals surface area (Å²) in [6.45, 7) is 3.60. The van der Waals surface area contributed by atoms with Crippen molar-refractivity contribution >= 4 is 23.2 Å². The van der Waals surface area contributed by atoms with E-state index >= 15 is 0 Å². The van der Waals surface area contributed by atoms with Gasteiger partial charge in [0.2, 0.25) is 0 Å². The summed E-state index contributed by atoms with van der Waals surface area (Å²) in [6.07, 6.45) is 0.195. The molecule has 16 heavy (non-hydrogen) atoms. The summed E-state index contributed by atoms with van der Waals surface area (Å²) in [5, 5.41) is 1.09. The van der Waals surface area contributed by atoms with Crippen molar-refractivity contribution in [2.45, 2.75) is 25.9 Å². The second-order valence-electron chi connectivity index (χ2n) is 4.31. The molecular weight excluding hydrogens is 248 g/mol. The molecule has 0 amide bonds. The fraction of sp³-hybridized carbons (Fsp3) is 0.500. The van der Waals surface area contributed by atoms with Gasteiger partial charge in [0.15, 0.2) is 0 Å². The van der Waals surface area contributed by atoms with Gasteiger partial charge in [-0.2, -0.15) is 0 Å². The van der Waals surface area contributed by atoms with Crippen LogP contribution < -0.4 is 5.73 Å². The molecule has 0 radical (unpaired) electrons. The summed E-state index contributed by atoms with van der Waals surface area (Å²) in [7, 11) is 0. The lowest BCUT2D eigenvalue weighted by Crippen LogP contribution is -2.40. The fourth-order valence-electron chi connectivity index (χ4n) is 1.51. The number of hydrogen-bond acceptors (Lipinski definition) is 1. The highest BCUT2D eigenvalue weighted by atomic mass is 35.5. The summed E-state index contributed by atoms with van der Waals surface area (Å²) in [5.74, 6) is -0.160. The molecular formula is C12H16Cl2FN. The fourth-order valence-corrected chi connectivity index (χ4v) is 1.89. The molecule has 0 heterocycles. The molecule has 1 aromatic rings. The van der Waals surface area contributed by atoms with Crippen LogP contribution in [-0.4, -0.2) is 12.2 Å². The van der Waals surface area contributed by atoms with Crippen molar-refractivity contribution in [3.05, 3.63) is 33.8 Å². The Morgan fingerprint density at radius 1 is 1.38 bits per heavy atom. The number of nitrogens with two attached hydrogens (primary N) is 1. The van der Waals surface area contributed by atoms with Crippen molar-refractivity contribution in [2.75, 3.05) is 6.54 Å². The van der Waals surface area contributed by atoms with Crippen LogP contribution in [0.2, 0.25) is 10.0 Å². The van der Waals surface area contributed by atoms with Crippen molar-refractivity contribution in [1.82, 2.24) is 0 Å². The van der Waals surface area contributed by atoms with Crippen LogP contribution in [0.15, 0.2) is 18.2 Å². The van der Waals surface area contributed by atoms with Crippen LogP contribution in [0.25, 0.3) is 0 Å². The minimum atomic E-state index is -1.44. The van der Waals surface area contributed by atoms with E-state index < -0.39 is 5.67 Å². The first kappa shape index (κ1) is 13.8. The molecule has 0 aliphatic heterocycles. The lowest BCUT2D eigenvalue weighted by atomic mass is 9.86. The number of benzene rings is 1. The first-order valence-electron chi connectivity index (χ1n) is 5.22. The average Bonchev–Trinajstić information content (AvgIpc) is 2.23. The van der Waals surface area contributed by atoms with Crippen LogP contribution >= 0.6 is 23.2 Å². The van der Waals surface area contributed by atoms with Gasteiger partial charge in [0, 0.05) is 23.0 Å². The number of alkyl halides is 1. The van der Waals surface area contributed by atoms with Crippen LogP contribution in [0.1, 0.15) is 19.4 Å². The molecule has 1 rings (SSSR count). The Bertz CT molecular complexity index is 368. The van der Waals surface area contributed by atoms with E-state index in [0.29, 0.717) is 15.6 Å². The highest BCUT2D eigenvalue weighted by Gasteiger charge is 2.32. The Morgan fingerprint density at radius 2 is 2.00 bits per heavy atom. The van der Waals surface area contributed by atoms with E-state index in [0.717, 1.165) is 0 Å². The topological polar surface area (TPSA) is 26.0 Å². The molecule has 90 valence electrons. The van der Waals surface area contributed by atoms with Crippen LogP contribution in [0.5, 0.6) is 0 Å². The Labute approximate surface area is 106 Å². The summed E-state index contributed by atoms with van der Waals surface area (Å²) in [4.78, 5) is 0. The van der Waals surface area contributed by atoms with Gasteiger partial charge in [0.25, 0.3) is 0 Å². The summed E-state index contributed by atoms with van der Waals surface area (Å²) in [5.41, 5.74) is 4.76. The number of rotatable bonds is 4. The third-order valence-electron chi connectivity index (χ3n) is 2.87. The molecule has 1 unspecified atom stereocenters. The van der Waals surface area contributed by atoms with Gasteiger partial charge >= 0.3 is 0 Å². The quantitative estimate of drug-likeness (QED) is 0.878. The van der Waals surface area contributed by atoms with Crippen LogP contribution in [-0.2, 0) is 6.42 Å². The number of halogens is 3. The lowest BCUT2D eigenvalue weighted by Gasteiger charge is -2.28. The van der Waals surface area contributed by atoms with Gasteiger partial charge in [-0.15, -0.1) is 0 Å². The van der Waals surface area contributed by atoms with Gasteiger partial charge in [0.1, 0.15) is 5.67 Å². The highest BCUT2D eigenvalue weighted by molar-refractivity contribution is 6.33. The largest absolute Gasteiger partial charge is 0.328 e. The minimum absolute atomic E-state index is 0.0203. The van der Waals surface area contributed by atoms with Crippen molar-refractivity contribution in [3.8, 4) is 0 Å². The maximum Gasteiger partial charge on any atom is 0.129 e. The smallest absolute Gasteiger partial charge is 0.129 e. The second-order valence-corrected chi connectivity index (χ2v) is 5.15. The van der Waals surface area contributed by atoms with Crippen molar-refractivity contribution < 1.29 is 4.39 Å². The second kappa shape index (κ2) is 5.35. The predicted molar refractivity (Wildman–Crippen MR) is 67.9 cm³/mol. The van der Waals surface area contributed by atoms with Gasteiger partial charge in [-0.1, -0.05) is 37.0 Å². The molecule has 1 aromatic carbocycles. The standard InChI is InChI=1S/C12H16Cl2FN/c1-8(2)12(15,7-16)6-9-5-10(13)3-4-11(9)14/h3-5,8H,6-7,16H2,1-2H3. The van der Waals surface area contributed by atoms with Crippen LogP contribution in [0, 0.1) is 5.92 Å². The Morgan fingerprint density at radius 3 is 2.50 bits per heavy atom. The molecule has 1 nitrogen and oxygen atoms in total. The first-order valence-corrected chi connectivity index (χ1v) is 5.97. The Balaban J connectivity index is 2.98. The molecule has 4 heteroatoms. The zero-order chi connectivity index (χ0) is 12.3. The van der Waals surface area contributed by atoms with Crippen molar-refractivity contribution in [1.29, 1.82) is 0 Å².